The monoisotopic (exact) mass is 408 g/mol. The van der Waals surface area contributed by atoms with E-state index in [1.165, 1.54) is 6.33 Å². The van der Waals surface area contributed by atoms with Gasteiger partial charge in [-0.3, -0.25) is 4.98 Å². The van der Waals surface area contributed by atoms with Crippen LogP contribution < -0.4 is 4.74 Å². The number of hydrogen-bond acceptors (Lipinski definition) is 5. The summed E-state index contributed by atoms with van der Waals surface area (Å²) in [7, 11) is 1.65. The fraction of sp³-hybridized carbons (Fsp3) is 0.167. The van der Waals surface area contributed by atoms with Crippen LogP contribution in [-0.2, 0) is 39.3 Å². The number of nitrogens with zero attached hydrogens (tertiary/aromatic N) is 4. The zero-order valence-corrected chi connectivity index (χ0v) is 16.8. The molecule has 1 radical (unpaired) electrons. The van der Waals surface area contributed by atoms with Gasteiger partial charge in [-0.2, -0.15) is 0 Å². The Morgan fingerprint density at radius 2 is 1.92 bits per heavy atom. The number of ether oxygens (including phenoxy) is 1. The van der Waals surface area contributed by atoms with Crippen LogP contribution in [0, 0.1) is 13.3 Å². The van der Waals surface area contributed by atoms with E-state index in [4.69, 9.17) is 9.15 Å². The minimum absolute atomic E-state index is 0. The second-order valence-electron chi connectivity index (χ2n) is 5.45. The third kappa shape index (κ3) is 3.50. The number of benzene rings is 1. The molecule has 123 valence electrons. The number of hydrogen-bond donors (Lipinski definition) is 0. The van der Waals surface area contributed by atoms with Crippen molar-refractivity contribution in [1.82, 2.24) is 19.5 Å². The van der Waals surface area contributed by atoms with E-state index in [0.717, 1.165) is 22.7 Å². The average Bonchev–Trinajstić information content (AvgIpc) is 3.22. The molecule has 0 aliphatic heterocycles. The molecule has 7 heteroatoms. The maximum atomic E-state index is 5.66. The van der Waals surface area contributed by atoms with E-state index in [9.17, 15) is 0 Å². The average molecular weight is 408 g/mol. The fourth-order valence-corrected chi connectivity index (χ4v) is 2.59. The summed E-state index contributed by atoms with van der Waals surface area (Å²) in [5.74, 6) is 2.34. The van der Waals surface area contributed by atoms with Gasteiger partial charge in [0.15, 0.2) is 0 Å². The normalized spacial score (nSPS) is 10.6. The van der Waals surface area contributed by atoms with Crippen molar-refractivity contribution in [2.24, 2.45) is 0 Å². The Bertz CT molecular complexity index is 992. The number of imidazole rings is 1. The van der Waals surface area contributed by atoms with Crippen molar-refractivity contribution < 1.29 is 41.9 Å². The van der Waals surface area contributed by atoms with Crippen LogP contribution in [0.25, 0.3) is 22.6 Å². The third-order valence-electron chi connectivity index (χ3n) is 3.81. The van der Waals surface area contributed by atoms with E-state index >= 15 is 0 Å². The second kappa shape index (κ2) is 7.46. The number of aryl methyl sites for hydroxylation is 1. The topological polar surface area (TPSA) is 66.0 Å². The SMILES string of the molecule is COc1ccc(Cn2[c-]nc3c(-c4ccc(C)o4)ncnc32)cc1.[Y]. The van der Waals surface area contributed by atoms with Gasteiger partial charge in [-0.1, -0.05) is 12.1 Å². The third-order valence-corrected chi connectivity index (χ3v) is 3.81. The molecule has 0 bridgehead atoms. The molecule has 4 rings (SSSR count). The molecular formula is C18H15N4O2Y-. The first-order valence-corrected chi connectivity index (χ1v) is 7.53. The van der Waals surface area contributed by atoms with E-state index in [1.54, 1.807) is 7.11 Å². The fourth-order valence-electron chi connectivity index (χ4n) is 2.59. The predicted octanol–water partition coefficient (Wildman–Crippen LogP) is 3.25. The molecule has 0 aliphatic carbocycles. The molecule has 0 saturated carbocycles. The van der Waals surface area contributed by atoms with Crippen LogP contribution in [0.2, 0.25) is 0 Å². The molecule has 0 amide bonds. The van der Waals surface area contributed by atoms with Crippen molar-refractivity contribution in [3.8, 4) is 17.2 Å². The van der Waals surface area contributed by atoms with Gasteiger partial charge in [0.1, 0.15) is 23.6 Å². The van der Waals surface area contributed by atoms with Crippen LogP contribution in [-0.4, -0.2) is 26.6 Å². The quantitative estimate of drug-likeness (QED) is 0.485. The molecule has 0 N–H and O–H groups in total. The molecule has 6 nitrogen and oxygen atoms in total. The Balaban J connectivity index is 0.00000182. The summed E-state index contributed by atoms with van der Waals surface area (Å²) in [5.41, 5.74) is 3.20. The van der Waals surface area contributed by atoms with Gasteiger partial charge in [-0.05, 0) is 42.3 Å². The summed E-state index contributed by atoms with van der Waals surface area (Å²) < 4.78 is 12.7. The van der Waals surface area contributed by atoms with E-state index < -0.39 is 0 Å². The molecule has 0 atom stereocenters. The summed E-state index contributed by atoms with van der Waals surface area (Å²) in [6.45, 7) is 2.52. The Kier molecular flexibility index (Phi) is 5.30. The van der Waals surface area contributed by atoms with Crippen LogP contribution in [0.1, 0.15) is 11.3 Å². The second-order valence-corrected chi connectivity index (χ2v) is 5.45. The molecular weight excluding hydrogens is 393 g/mol. The maximum Gasteiger partial charge on any atom is 0.141 e. The van der Waals surface area contributed by atoms with Crippen molar-refractivity contribution in [3.05, 3.63) is 60.4 Å². The summed E-state index contributed by atoms with van der Waals surface area (Å²) in [6.07, 6.45) is 4.52. The van der Waals surface area contributed by atoms with Gasteiger partial charge < -0.3 is 18.7 Å². The molecule has 0 saturated heterocycles. The Labute approximate surface area is 170 Å². The first kappa shape index (κ1) is 17.8. The van der Waals surface area contributed by atoms with Crippen molar-refractivity contribution in [2.75, 3.05) is 7.11 Å². The number of aromatic nitrogens is 4. The Morgan fingerprint density at radius 1 is 1.12 bits per heavy atom. The number of methoxy groups -OCH3 is 1. The number of fused-ring (bicyclic) bond motifs is 1. The standard InChI is InChI=1S/C18H15N4O2.Y/c1-12-3-8-15(24-12)16-17-18(20-10-19-16)22(11-21-17)9-13-4-6-14(23-2)7-5-13;/h3-8,10H,9H2,1-2H3;/q-1;. The van der Waals surface area contributed by atoms with Crippen molar-refractivity contribution >= 4 is 11.2 Å². The van der Waals surface area contributed by atoms with E-state index in [-0.39, 0.29) is 32.7 Å². The minimum Gasteiger partial charge on any atom is -0.497 e. The van der Waals surface area contributed by atoms with Crippen molar-refractivity contribution in [2.45, 2.75) is 13.5 Å². The van der Waals surface area contributed by atoms with E-state index in [0.29, 0.717) is 23.5 Å². The van der Waals surface area contributed by atoms with Crippen LogP contribution in [0.3, 0.4) is 0 Å². The Hall–Kier alpha value is -2.05. The van der Waals surface area contributed by atoms with Gasteiger partial charge in [0.2, 0.25) is 0 Å². The van der Waals surface area contributed by atoms with Gasteiger partial charge in [0, 0.05) is 51.2 Å². The van der Waals surface area contributed by atoms with Gasteiger partial charge in [-0.25, -0.2) is 4.98 Å². The van der Waals surface area contributed by atoms with Gasteiger partial charge in [0.05, 0.1) is 12.8 Å². The van der Waals surface area contributed by atoms with Crippen molar-refractivity contribution in [1.29, 1.82) is 0 Å². The zero-order chi connectivity index (χ0) is 16.5. The summed E-state index contributed by atoms with van der Waals surface area (Å²) in [4.78, 5) is 13.0. The Morgan fingerprint density at radius 3 is 2.60 bits per heavy atom. The molecule has 0 fully saturated rings. The first-order chi connectivity index (χ1) is 11.7. The van der Waals surface area contributed by atoms with E-state index in [2.05, 4.69) is 21.3 Å². The summed E-state index contributed by atoms with van der Waals surface area (Å²) >= 11 is 0. The molecule has 3 aromatic heterocycles. The molecule has 0 unspecified atom stereocenters. The van der Waals surface area contributed by atoms with Crippen LogP contribution in [0.4, 0.5) is 0 Å². The molecule has 25 heavy (non-hydrogen) atoms. The summed E-state index contributed by atoms with van der Waals surface area (Å²) in [6, 6.07) is 11.7. The van der Waals surface area contributed by atoms with Gasteiger partial charge >= 0.3 is 0 Å². The smallest absolute Gasteiger partial charge is 0.141 e. The first-order valence-electron chi connectivity index (χ1n) is 7.53. The van der Waals surface area contributed by atoms with Gasteiger partial charge in [-0.15, -0.1) is 0 Å². The molecule has 1 aromatic carbocycles. The predicted molar refractivity (Wildman–Crippen MR) is 88.7 cm³/mol. The minimum atomic E-state index is 0. The van der Waals surface area contributed by atoms with E-state index in [1.807, 2.05) is 47.9 Å². The van der Waals surface area contributed by atoms with Gasteiger partial charge in [0.25, 0.3) is 0 Å². The zero-order valence-electron chi connectivity index (χ0n) is 13.9. The molecule has 0 spiro atoms. The molecule has 0 aliphatic rings. The van der Waals surface area contributed by atoms with Crippen LogP contribution in [0.15, 0.2) is 47.1 Å². The molecule has 4 aromatic rings. The summed E-state index contributed by atoms with van der Waals surface area (Å²) in [5, 5.41) is 0. The number of furan rings is 1. The molecule has 3 heterocycles. The van der Waals surface area contributed by atoms with Crippen LogP contribution >= 0.6 is 0 Å². The number of rotatable bonds is 4. The van der Waals surface area contributed by atoms with Crippen molar-refractivity contribution in [3.63, 3.8) is 0 Å². The van der Waals surface area contributed by atoms with Crippen LogP contribution in [0.5, 0.6) is 5.75 Å². The largest absolute Gasteiger partial charge is 0.497 e. The maximum absolute atomic E-state index is 5.66.